The maximum atomic E-state index is 14.3. The Morgan fingerprint density at radius 1 is 1.29 bits per heavy atom. The third-order valence-electron chi connectivity index (χ3n) is 4.23. The molecule has 24 heavy (non-hydrogen) atoms. The van der Waals surface area contributed by atoms with Gasteiger partial charge in [-0.3, -0.25) is 0 Å². The summed E-state index contributed by atoms with van der Waals surface area (Å²) >= 11 is 0. The van der Waals surface area contributed by atoms with Crippen LogP contribution in [0.2, 0.25) is 0 Å². The van der Waals surface area contributed by atoms with Crippen LogP contribution in [0.15, 0.2) is 23.4 Å². The van der Waals surface area contributed by atoms with Crippen molar-refractivity contribution < 1.29 is 23.1 Å². The van der Waals surface area contributed by atoms with Gasteiger partial charge in [0.2, 0.25) is 0 Å². The predicted molar refractivity (Wildman–Crippen MR) is 86.6 cm³/mol. The van der Waals surface area contributed by atoms with E-state index in [1.165, 1.54) is 13.0 Å². The summed E-state index contributed by atoms with van der Waals surface area (Å²) in [6.45, 7) is 3.82. The van der Waals surface area contributed by atoms with E-state index in [9.17, 15) is 13.6 Å². The van der Waals surface area contributed by atoms with Crippen molar-refractivity contribution >= 4 is 11.7 Å². The highest BCUT2D eigenvalue weighted by Crippen LogP contribution is 2.41. The monoisotopic (exact) mass is 339 g/mol. The zero-order chi connectivity index (χ0) is 17.6. The fraction of sp³-hybridized carbons (Fsp3) is 0.556. The number of rotatable bonds is 6. The summed E-state index contributed by atoms with van der Waals surface area (Å²) in [7, 11) is 0. The minimum atomic E-state index is -0.864. The van der Waals surface area contributed by atoms with Gasteiger partial charge >= 0.3 is 5.97 Å². The van der Waals surface area contributed by atoms with Gasteiger partial charge in [0, 0.05) is 19.1 Å². The lowest BCUT2D eigenvalue weighted by Gasteiger charge is -2.38. The molecule has 0 atom stereocenters. The summed E-state index contributed by atoms with van der Waals surface area (Å²) in [5.41, 5.74) is 0.123. The van der Waals surface area contributed by atoms with Crippen molar-refractivity contribution in [2.45, 2.75) is 58.0 Å². The van der Waals surface area contributed by atoms with Crippen LogP contribution in [0.4, 0.5) is 8.78 Å². The SMILES string of the molecule is CCCCOC1(c2cc(F)ccc2F)CCC(=NOC(C)=O)CC1. The molecule has 1 aliphatic carbocycles. The first-order chi connectivity index (χ1) is 11.5. The highest BCUT2D eigenvalue weighted by Gasteiger charge is 2.39. The van der Waals surface area contributed by atoms with Gasteiger partial charge in [-0.05, 0) is 50.3 Å². The molecule has 0 spiro atoms. The van der Waals surface area contributed by atoms with Crippen LogP contribution in [0.5, 0.6) is 0 Å². The van der Waals surface area contributed by atoms with E-state index >= 15 is 0 Å². The minimum absolute atomic E-state index is 0.255. The van der Waals surface area contributed by atoms with Gasteiger partial charge in [0.15, 0.2) is 0 Å². The summed E-state index contributed by atoms with van der Waals surface area (Å²) in [6, 6.07) is 3.46. The Kier molecular flexibility index (Phi) is 6.43. The van der Waals surface area contributed by atoms with Crippen LogP contribution in [0, 0.1) is 11.6 Å². The second-order valence-electron chi connectivity index (χ2n) is 6.06. The number of carbonyl (C=O) groups excluding carboxylic acids is 1. The molecule has 0 radical (unpaired) electrons. The highest BCUT2D eigenvalue weighted by molar-refractivity contribution is 5.85. The number of ether oxygens (including phenoxy) is 1. The molecule has 2 rings (SSSR count). The first-order valence-electron chi connectivity index (χ1n) is 8.29. The van der Waals surface area contributed by atoms with Gasteiger partial charge in [-0.2, -0.15) is 0 Å². The summed E-state index contributed by atoms with van der Waals surface area (Å²) < 4.78 is 34.0. The molecule has 1 fully saturated rings. The topological polar surface area (TPSA) is 47.9 Å². The van der Waals surface area contributed by atoms with E-state index < -0.39 is 23.2 Å². The van der Waals surface area contributed by atoms with Gasteiger partial charge in [-0.25, -0.2) is 13.6 Å². The Bertz CT molecular complexity index is 606. The smallest absolute Gasteiger partial charge is 0.331 e. The molecule has 1 aromatic carbocycles. The van der Waals surface area contributed by atoms with Crippen molar-refractivity contribution in [1.29, 1.82) is 0 Å². The summed E-state index contributed by atoms with van der Waals surface area (Å²) in [5.74, 6) is -1.42. The third kappa shape index (κ3) is 4.60. The van der Waals surface area contributed by atoms with Gasteiger partial charge in [-0.1, -0.05) is 18.5 Å². The lowest BCUT2D eigenvalue weighted by Crippen LogP contribution is -2.36. The second-order valence-corrected chi connectivity index (χ2v) is 6.06. The number of benzene rings is 1. The van der Waals surface area contributed by atoms with Crippen LogP contribution in [0.25, 0.3) is 0 Å². The maximum absolute atomic E-state index is 14.3. The van der Waals surface area contributed by atoms with Crippen LogP contribution in [-0.2, 0) is 20.0 Å². The largest absolute Gasteiger partial charge is 0.370 e. The molecule has 4 nitrogen and oxygen atoms in total. The standard InChI is InChI=1S/C18H23F2NO3/c1-3-4-11-23-18(16-12-14(19)5-6-17(16)20)9-7-15(8-10-18)21-24-13(2)22/h5-6,12H,3-4,7-11H2,1-2H3. The maximum Gasteiger partial charge on any atom is 0.331 e. The number of nitrogens with zero attached hydrogens (tertiary/aromatic N) is 1. The molecular formula is C18H23F2NO3. The van der Waals surface area contributed by atoms with Gasteiger partial charge in [-0.15, -0.1) is 0 Å². The summed E-state index contributed by atoms with van der Waals surface area (Å²) in [6.07, 6.45) is 3.77. The van der Waals surface area contributed by atoms with Gasteiger partial charge in [0.1, 0.15) is 11.6 Å². The molecule has 6 heteroatoms. The molecule has 0 saturated heterocycles. The minimum Gasteiger partial charge on any atom is -0.370 e. The number of unbranched alkanes of at least 4 members (excludes halogenated alkanes) is 1. The molecule has 0 bridgehead atoms. The Morgan fingerprint density at radius 3 is 2.62 bits per heavy atom. The molecule has 1 aromatic rings. The van der Waals surface area contributed by atoms with E-state index in [4.69, 9.17) is 4.74 Å². The molecular weight excluding hydrogens is 316 g/mol. The number of hydrogen-bond acceptors (Lipinski definition) is 4. The van der Waals surface area contributed by atoms with Gasteiger partial charge in [0.25, 0.3) is 0 Å². The molecule has 0 heterocycles. The fourth-order valence-corrected chi connectivity index (χ4v) is 2.91. The second kappa shape index (κ2) is 8.33. The first kappa shape index (κ1) is 18.5. The Morgan fingerprint density at radius 2 is 2.00 bits per heavy atom. The van der Waals surface area contributed by atoms with Crippen LogP contribution in [0.3, 0.4) is 0 Å². The van der Waals surface area contributed by atoms with Crippen molar-refractivity contribution in [1.82, 2.24) is 0 Å². The predicted octanol–water partition coefficient (Wildman–Crippen LogP) is 4.47. The van der Waals surface area contributed by atoms with E-state index in [1.807, 2.05) is 6.92 Å². The van der Waals surface area contributed by atoms with Crippen LogP contribution >= 0.6 is 0 Å². The van der Waals surface area contributed by atoms with Crippen molar-refractivity contribution in [3.8, 4) is 0 Å². The number of carbonyl (C=O) groups is 1. The van der Waals surface area contributed by atoms with Crippen molar-refractivity contribution in [3.63, 3.8) is 0 Å². The van der Waals surface area contributed by atoms with Crippen molar-refractivity contribution in [2.75, 3.05) is 6.61 Å². The van der Waals surface area contributed by atoms with E-state index in [1.54, 1.807) is 0 Å². The average molecular weight is 339 g/mol. The van der Waals surface area contributed by atoms with Crippen molar-refractivity contribution in [2.24, 2.45) is 5.16 Å². The van der Waals surface area contributed by atoms with E-state index in [-0.39, 0.29) is 5.56 Å². The Balaban J connectivity index is 2.22. The zero-order valence-electron chi connectivity index (χ0n) is 14.1. The van der Waals surface area contributed by atoms with Crippen LogP contribution in [-0.4, -0.2) is 18.3 Å². The summed E-state index contributed by atoms with van der Waals surface area (Å²) in [4.78, 5) is 15.5. The Labute approximate surface area is 140 Å². The quantitative estimate of drug-likeness (QED) is 0.436. The normalized spacial score (nSPS) is 20.8. The highest BCUT2D eigenvalue weighted by atomic mass is 19.1. The van der Waals surface area contributed by atoms with E-state index in [0.29, 0.717) is 32.3 Å². The first-order valence-corrected chi connectivity index (χ1v) is 8.29. The molecule has 1 saturated carbocycles. The molecule has 0 aromatic heterocycles. The van der Waals surface area contributed by atoms with Crippen molar-refractivity contribution in [3.05, 3.63) is 35.4 Å². The van der Waals surface area contributed by atoms with Crippen LogP contribution in [0.1, 0.15) is 57.9 Å². The molecule has 0 N–H and O–H groups in total. The molecule has 0 amide bonds. The number of oxime groups is 1. The molecule has 1 aliphatic rings. The summed E-state index contributed by atoms with van der Waals surface area (Å²) in [5, 5.41) is 3.82. The lowest BCUT2D eigenvalue weighted by atomic mass is 9.78. The van der Waals surface area contributed by atoms with Gasteiger partial charge in [0.05, 0.1) is 11.3 Å². The zero-order valence-corrected chi connectivity index (χ0v) is 14.1. The third-order valence-corrected chi connectivity index (χ3v) is 4.23. The van der Waals surface area contributed by atoms with E-state index in [0.717, 1.165) is 30.7 Å². The van der Waals surface area contributed by atoms with Crippen LogP contribution < -0.4 is 0 Å². The van der Waals surface area contributed by atoms with E-state index in [2.05, 4.69) is 9.99 Å². The molecule has 0 unspecified atom stereocenters. The fourth-order valence-electron chi connectivity index (χ4n) is 2.91. The number of hydrogen-bond donors (Lipinski definition) is 0. The number of halogens is 2. The Hall–Kier alpha value is -1.82. The average Bonchev–Trinajstić information content (AvgIpc) is 2.56. The lowest BCUT2D eigenvalue weighted by molar-refractivity contribution is -0.141. The molecule has 132 valence electrons. The molecule has 0 aliphatic heterocycles. The van der Waals surface area contributed by atoms with Gasteiger partial charge < -0.3 is 9.57 Å².